The molecule has 2 nitrogen and oxygen atoms in total. The van der Waals surface area contributed by atoms with Crippen LogP contribution >= 0.6 is 11.8 Å². The maximum atomic E-state index is 12.2. The highest BCUT2D eigenvalue weighted by Gasteiger charge is 2.22. The molecule has 20 heavy (non-hydrogen) atoms. The minimum absolute atomic E-state index is 0.0271. The van der Waals surface area contributed by atoms with E-state index in [1.807, 2.05) is 6.92 Å². The topological polar surface area (TPSA) is 29.1 Å². The Balaban J connectivity index is 2.56. The smallest absolute Gasteiger partial charge is 0.233 e. The van der Waals surface area contributed by atoms with Gasteiger partial charge in [0.05, 0.1) is 5.25 Å². The number of benzene rings is 1. The average Bonchev–Trinajstić information content (AvgIpc) is 2.39. The molecule has 112 valence electrons. The molecule has 1 aromatic rings. The Kier molecular flexibility index (Phi) is 6.12. The third-order valence-corrected chi connectivity index (χ3v) is 4.90. The number of carbonyl (C=O) groups is 1. The van der Waals surface area contributed by atoms with Crippen LogP contribution in [-0.4, -0.2) is 16.7 Å². The highest BCUT2D eigenvalue weighted by molar-refractivity contribution is 7.99. The van der Waals surface area contributed by atoms with Gasteiger partial charge in [0, 0.05) is 11.3 Å². The normalized spacial score (nSPS) is 13.1. The van der Waals surface area contributed by atoms with Gasteiger partial charge in [0.15, 0.2) is 0 Å². The van der Waals surface area contributed by atoms with E-state index in [0.29, 0.717) is 0 Å². The van der Waals surface area contributed by atoms with E-state index in [1.54, 1.807) is 11.8 Å². The Hall–Kier alpha value is -0.960. The molecule has 1 atom stereocenters. The standard InChI is InChI=1S/C17H27NOS/c1-7-17(5,6)18-16(19)14(4)20-11-15-10-12(2)8-9-13(15)3/h8-10,14H,7,11H2,1-6H3,(H,18,19). The Morgan fingerprint density at radius 3 is 2.60 bits per heavy atom. The predicted octanol–water partition coefficient (Wildman–Crippen LogP) is 4.23. The number of nitrogens with one attached hydrogen (secondary N) is 1. The Morgan fingerprint density at radius 1 is 1.35 bits per heavy atom. The first-order chi connectivity index (χ1) is 9.25. The van der Waals surface area contributed by atoms with Crippen LogP contribution < -0.4 is 5.32 Å². The van der Waals surface area contributed by atoms with Crippen LogP contribution in [0.2, 0.25) is 0 Å². The molecule has 0 aliphatic heterocycles. The number of aryl methyl sites for hydroxylation is 2. The zero-order valence-electron chi connectivity index (χ0n) is 13.5. The SMILES string of the molecule is CCC(C)(C)NC(=O)C(C)SCc1cc(C)ccc1C. The molecular formula is C17H27NOS. The Morgan fingerprint density at radius 2 is 2.00 bits per heavy atom. The molecule has 0 radical (unpaired) electrons. The second kappa shape index (κ2) is 7.16. The second-order valence-corrected chi connectivity index (χ2v) is 7.44. The van der Waals surface area contributed by atoms with Crippen molar-refractivity contribution in [1.29, 1.82) is 0 Å². The van der Waals surface area contributed by atoms with Crippen LogP contribution in [0.5, 0.6) is 0 Å². The number of thioether (sulfide) groups is 1. The van der Waals surface area contributed by atoms with Crippen molar-refractivity contribution >= 4 is 17.7 Å². The van der Waals surface area contributed by atoms with Crippen LogP contribution in [0.4, 0.5) is 0 Å². The molecule has 0 fully saturated rings. The summed E-state index contributed by atoms with van der Waals surface area (Å²) in [6, 6.07) is 6.49. The summed E-state index contributed by atoms with van der Waals surface area (Å²) in [4.78, 5) is 12.2. The summed E-state index contributed by atoms with van der Waals surface area (Å²) in [7, 11) is 0. The van der Waals surface area contributed by atoms with Gasteiger partial charge in [-0.05, 0) is 52.2 Å². The first-order valence-corrected chi connectivity index (χ1v) is 8.30. The summed E-state index contributed by atoms with van der Waals surface area (Å²) in [5.74, 6) is 1.02. The fourth-order valence-corrected chi connectivity index (χ4v) is 2.72. The fraction of sp³-hybridized carbons (Fsp3) is 0.588. The highest BCUT2D eigenvalue weighted by atomic mass is 32.2. The van der Waals surface area contributed by atoms with Crippen molar-refractivity contribution in [3.05, 3.63) is 34.9 Å². The number of rotatable bonds is 6. The average molecular weight is 293 g/mol. The van der Waals surface area contributed by atoms with Gasteiger partial charge in [0.1, 0.15) is 0 Å². The van der Waals surface area contributed by atoms with Crippen LogP contribution in [0.15, 0.2) is 18.2 Å². The van der Waals surface area contributed by atoms with Crippen LogP contribution in [0.1, 0.15) is 50.8 Å². The number of amides is 1. The third kappa shape index (κ3) is 5.20. The van der Waals surface area contributed by atoms with Crippen molar-refractivity contribution in [2.75, 3.05) is 0 Å². The predicted molar refractivity (Wildman–Crippen MR) is 89.2 cm³/mol. The van der Waals surface area contributed by atoms with Gasteiger partial charge in [-0.3, -0.25) is 4.79 Å². The zero-order valence-corrected chi connectivity index (χ0v) is 14.4. The van der Waals surface area contributed by atoms with Gasteiger partial charge in [-0.15, -0.1) is 11.8 Å². The van der Waals surface area contributed by atoms with Crippen molar-refractivity contribution in [2.45, 2.75) is 64.5 Å². The van der Waals surface area contributed by atoms with Gasteiger partial charge in [-0.25, -0.2) is 0 Å². The van der Waals surface area contributed by atoms with E-state index in [0.717, 1.165) is 12.2 Å². The van der Waals surface area contributed by atoms with Crippen LogP contribution in [-0.2, 0) is 10.5 Å². The summed E-state index contributed by atoms with van der Waals surface area (Å²) in [6.45, 7) is 12.4. The fourth-order valence-electron chi connectivity index (χ4n) is 1.77. The van der Waals surface area contributed by atoms with Gasteiger partial charge in [-0.1, -0.05) is 30.7 Å². The monoisotopic (exact) mass is 293 g/mol. The first kappa shape index (κ1) is 17.1. The molecule has 1 unspecified atom stereocenters. The summed E-state index contributed by atoms with van der Waals surface area (Å²) in [5.41, 5.74) is 3.77. The van der Waals surface area contributed by atoms with Crippen LogP contribution in [0.25, 0.3) is 0 Å². The number of carbonyl (C=O) groups excluding carboxylic acids is 1. The molecule has 0 aliphatic rings. The van der Waals surface area contributed by atoms with Crippen LogP contribution in [0.3, 0.4) is 0 Å². The molecule has 0 saturated carbocycles. The molecule has 1 N–H and O–H groups in total. The molecule has 1 aromatic carbocycles. The third-order valence-electron chi connectivity index (χ3n) is 3.71. The zero-order chi connectivity index (χ0) is 15.3. The molecule has 0 spiro atoms. The number of hydrogen-bond acceptors (Lipinski definition) is 2. The van der Waals surface area contributed by atoms with E-state index in [1.165, 1.54) is 16.7 Å². The molecule has 0 bridgehead atoms. The maximum absolute atomic E-state index is 12.2. The molecule has 0 heterocycles. The lowest BCUT2D eigenvalue weighted by Crippen LogP contribution is -2.46. The lowest BCUT2D eigenvalue weighted by atomic mass is 10.0. The molecule has 1 rings (SSSR count). The Bertz CT molecular complexity index is 468. The van der Waals surface area contributed by atoms with Crippen molar-refractivity contribution in [2.24, 2.45) is 0 Å². The minimum Gasteiger partial charge on any atom is -0.350 e. The minimum atomic E-state index is -0.120. The lowest BCUT2D eigenvalue weighted by Gasteiger charge is -2.26. The van der Waals surface area contributed by atoms with Gasteiger partial charge in [-0.2, -0.15) is 0 Å². The lowest BCUT2D eigenvalue weighted by molar-refractivity contribution is -0.121. The van der Waals surface area contributed by atoms with E-state index in [9.17, 15) is 4.79 Å². The maximum Gasteiger partial charge on any atom is 0.233 e. The molecule has 3 heteroatoms. The first-order valence-electron chi connectivity index (χ1n) is 7.25. The van der Waals surface area contributed by atoms with Crippen molar-refractivity contribution in [3.63, 3.8) is 0 Å². The summed E-state index contributed by atoms with van der Waals surface area (Å²) in [6.07, 6.45) is 0.938. The van der Waals surface area contributed by atoms with E-state index in [-0.39, 0.29) is 16.7 Å². The molecule has 0 aromatic heterocycles. The van der Waals surface area contributed by atoms with Crippen molar-refractivity contribution in [3.8, 4) is 0 Å². The van der Waals surface area contributed by atoms with Crippen molar-refractivity contribution in [1.82, 2.24) is 5.32 Å². The molecule has 0 aliphatic carbocycles. The summed E-state index contributed by atoms with van der Waals surface area (Å²) < 4.78 is 0. The second-order valence-electron chi connectivity index (χ2n) is 6.11. The van der Waals surface area contributed by atoms with Gasteiger partial charge in [0.25, 0.3) is 0 Å². The van der Waals surface area contributed by atoms with Gasteiger partial charge < -0.3 is 5.32 Å². The van der Waals surface area contributed by atoms with E-state index >= 15 is 0 Å². The number of hydrogen-bond donors (Lipinski definition) is 1. The van der Waals surface area contributed by atoms with E-state index < -0.39 is 0 Å². The van der Waals surface area contributed by atoms with Gasteiger partial charge in [0.2, 0.25) is 5.91 Å². The van der Waals surface area contributed by atoms with E-state index in [2.05, 4.69) is 58.1 Å². The summed E-state index contributed by atoms with van der Waals surface area (Å²) >= 11 is 1.70. The molecule has 1 amide bonds. The largest absolute Gasteiger partial charge is 0.350 e. The van der Waals surface area contributed by atoms with Gasteiger partial charge >= 0.3 is 0 Å². The van der Waals surface area contributed by atoms with E-state index in [4.69, 9.17) is 0 Å². The van der Waals surface area contributed by atoms with Crippen molar-refractivity contribution < 1.29 is 4.79 Å². The highest BCUT2D eigenvalue weighted by Crippen LogP contribution is 2.22. The Labute approximate surface area is 127 Å². The quantitative estimate of drug-likeness (QED) is 0.850. The molecular weight excluding hydrogens is 266 g/mol. The molecule has 0 saturated heterocycles. The summed E-state index contributed by atoms with van der Waals surface area (Å²) in [5, 5.41) is 3.08. The van der Waals surface area contributed by atoms with Crippen LogP contribution in [0, 0.1) is 13.8 Å².